The molecule has 10 nitrogen and oxygen atoms in total. The van der Waals surface area contributed by atoms with Crippen molar-refractivity contribution in [2.24, 2.45) is 0 Å². The van der Waals surface area contributed by atoms with E-state index in [4.69, 9.17) is 0 Å². The van der Waals surface area contributed by atoms with Gasteiger partial charge in [0.25, 0.3) is 0 Å². The van der Waals surface area contributed by atoms with Crippen LogP contribution in [-0.4, -0.2) is 33.2 Å². The lowest BCUT2D eigenvalue weighted by atomic mass is 9.99. The van der Waals surface area contributed by atoms with Crippen molar-refractivity contribution in [2.75, 3.05) is 14.7 Å². The fourth-order valence-corrected chi connectivity index (χ4v) is 21.2. The van der Waals surface area contributed by atoms with Crippen LogP contribution in [0.3, 0.4) is 0 Å². The molecule has 25 aromatic rings. The first kappa shape index (κ1) is 75.4. The van der Waals surface area contributed by atoms with E-state index in [9.17, 15) is 4.79 Å². The zero-order valence-electron chi connectivity index (χ0n) is 70.5. The highest BCUT2D eigenvalue weighted by atomic mass is 32.2. The van der Waals surface area contributed by atoms with E-state index < -0.39 is 0 Å². The summed E-state index contributed by atoms with van der Waals surface area (Å²) in [5.41, 5.74) is 29.3. The maximum absolute atomic E-state index is 13.5. The van der Waals surface area contributed by atoms with Crippen LogP contribution < -0.4 is 14.7 Å². The van der Waals surface area contributed by atoms with Crippen LogP contribution >= 0.6 is 11.8 Å². The number of hydrogen-bond donors (Lipinski definition) is 0. The average Bonchev–Trinajstić information content (AvgIpc) is 1.51. The number of carbonyl (C=O) groups excluding carboxylic acids is 1. The number of hydrogen-bond acceptors (Lipinski definition) is 5. The Morgan fingerprint density at radius 2 is 0.508 bits per heavy atom. The molecule has 27 rings (SSSR count). The van der Waals surface area contributed by atoms with E-state index in [0.717, 1.165) is 84.5 Å². The van der Waals surface area contributed by atoms with Gasteiger partial charge < -0.3 is 42.1 Å². The molecular formula is C119H79N9OS. The van der Waals surface area contributed by atoms with Gasteiger partial charge in [-0.2, -0.15) is 0 Å². The second kappa shape index (κ2) is 31.2. The standard InChI is InChI=1S/C44H30N4.C38H25N3S.C37H24N2O/c1-3-14-31(15-4-1)46-40-22-9-11-24-42(40)47(43-25-12-10-23-41(43)46)34-19-13-18-33(30-34)45-29-28-37-38(45)27-26-36-35-20-7-8-21-39(35)48(44(36)37)32-16-5-2-6-17-32;1-2-10-27(11-3-1)41-33-13-5-4-12-29(33)30-22-23-32-31(38(30)41)24-25-39(32)26-18-20-28(21-19-26)40-34-14-6-8-16-36(34)42-37-17-9-7-15-35(37)40;40-37(28-18-17-25-9-4-5-10-26(25)23-28)27-11-8-14-30(24-27)38-22-21-33-34(38)20-19-32-31-15-6-7-16-35(31)39(36(32)33)29-12-2-1-3-13-29/h1-30H;1-25H;1-24H. The molecule has 130 heavy (non-hydrogen) atoms. The number of benzene rings is 19. The van der Waals surface area contributed by atoms with Gasteiger partial charge in [0.15, 0.2) is 5.78 Å². The van der Waals surface area contributed by atoms with Crippen LogP contribution in [0.1, 0.15) is 15.9 Å². The van der Waals surface area contributed by atoms with Crippen LogP contribution in [0.4, 0.5) is 51.2 Å². The van der Waals surface area contributed by atoms with Crippen LogP contribution in [0, 0.1) is 0 Å². The predicted molar refractivity (Wildman–Crippen MR) is 542 cm³/mol. The molecule has 612 valence electrons. The van der Waals surface area contributed by atoms with Crippen molar-refractivity contribution in [3.05, 3.63) is 491 Å². The van der Waals surface area contributed by atoms with E-state index in [2.05, 4.69) is 467 Å². The Morgan fingerprint density at radius 3 is 0.969 bits per heavy atom. The summed E-state index contributed by atoms with van der Waals surface area (Å²) in [6.07, 6.45) is 6.52. The molecule has 0 amide bonds. The normalized spacial score (nSPS) is 12.3. The van der Waals surface area contributed by atoms with E-state index in [1.807, 2.05) is 66.4 Å². The highest BCUT2D eigenvalue weighted by Crippen LogP contribution is 2.56. The van der Waals surface area contributed by atoms with Crippen LogP contribution in [-0.2, 0) is 0 Å². The second-order valence-electron chi connectivity index (χ2n) is 33.1. The van der Waals surface area contributed by atoms with E-state index in [1.165, 1.54) is 119 Å². The molecule has 0 N–H and O–H groups in total. The third-order valence-corrected chi connectivity index (χ3v) is 27.0. The molecular weight excluding hydrogens is 1600 g/mol. The van der Waals surface area contributed by atoms with Crippen LogP contribution in [0.2, 0.25) is 0 Å². The largest absolute Gasteiger partial charge is 0.316 e. The smallest absolute Gasteiger partial charge is 0.193 e. The Bertz CT molecular complexity index is 8670. The van der Waals surface area contributed by atoms with Crippen molar-refractivity contribution in [2.45, 2.75) is 9.79 Å². The monoisotopic (exact) mass is 1680 g/mol. The molecule has 0 unspecified atom stereocenters. The van der Waals surface area contributed by atoms with Crippen molar-refractivity contribution in [3.8, 4) is 34.1 Å². The molecule has 0 fully saturated rings. The first-order valence-electron chi connectivity index (χ1n) is 44.1. The first-order valence-corrected chi connectivity index (χ1v) is 44.9. The predicted octanol–water partition coefficient (Wildman–Crippen LogP) is 31.8. The fourth-order valence-electron chi connectivity index (χ4n) is 20.1. The zero-order chi connectivity index (χ0) is 85.9. The lowest BCUT2D eigenvalue weighted by molar-refractivity contribution is 0.103. The molecule has 0 bridgehead atoms. The highest BCUT2D eigenvalue weighted by molar-refractivity contribution is 7.99. The molecule has 0 saturated heterocycles. The van der Waals surface area contributed by atoms with E-state index in [1.54, 1.807) is 0 Å². The number of para-hydroxylation sites is 13. The van der Waals surface area contributed by atoms with Crippen molar-refractivity contribution in [3.63, 3.8) is 0 Å². The van der Waals surface area contributed by atoms with Gasteiger partial charge in [-0.05, 0) is 223 Å². The SMILES string of the molecule is O=C(c1cccc(-n2ccc3c2ccc2c4ccccc4n(-c4ccccc4)c23)c1)c1ccc2ccccc2c1.c1ccc(-n2c3ccccc3c3ccc4c(ccn4-c4ccc(N5c6ccccc6Sc6ccccc65)cc4)c32)cc1.c1ccc(N2c3ccccc3N(c3cccc(-n4ccc5c4ccc4c6ccccc6n(-c6ccccc6)c45)c3)c3ccccc32)cc1. The maximum Gasteiger partial charge on any atom is 0.193 e. The summed E-state index contributed by atoms with van der Waals surface area (Å²) in [6.45, 7) is 0. The number of rotatable bonds is 11. The van der Waals surface area contributed by atoms with Gasteiger partial charge in [-0.25, -0.2) is 0 Å². The molecule has 0 saturated carbocycles. The van der Waals surface area contributed by atoms with Gasteiger partial charge in [-0.15, -0.1) is 0 Å². The first-order chi connectivity index (χ1) is 64.5. The van der Waals surface area contributed by atoms with Crippen molar-refractivity contribution in [1.82, 2.24) is 27.4 Å². The van der Waals surface area contributed by atoms with Crippen molar-refractivity contribution >= 4 is 178 Å². The summed E-state index contributed by atoms with van der Waals surface area (Å²) >= 11 is 1.84. The Morgan fingerprint density at radius 1 is 0.185 bits per heavy atom. The summed E-state index contributed by atoms with van der Waals surface area (Å²) in [4.78, 5) is 23.2. The summed E-state index contributed by atoms with van der Waals surface area (Å²) in [5, 5.41) is 13.4. The van der Waals surface area contributed by atoms with E-state index >= 15 is 0 Å². The third kappa shape index (κ3) is 12.5. The molecule has 0 spiro atoms. The summed E-state index contributed by atoms with van der Waals surface area (Å²) in [5.74, 6) is 0.0238. The number of anilines is 9. The van der Waals surface area contributed by atoms with Crippen molar-refractivity contribution < 1.29 is 4.79 Å². The molecule has 2 aliphatic heterocycles. The summed E-state index contributed by atoms with van der Waals surface area (Å²) in [6, 6.07) is 163. The minimum atomic E-state index is 0.0238. The molecule has 0 atom stereocenters. The quantitative estimate of drug-likeness (QED) is 0.121. The number of aromatic nitrogens is 6. The third-order valence-electron chi connectivity index (χ3n) is 25.9. The zero-order valence-corrected chi connectivity index (χ0v) is 71.3. The Labute approximate surface area is 753 Å². The minimum Gasteiger partial charge on any atom is -0.316 e. The number of carbonyl (C=O) groups is 1. The second-order valence-corrected chi connectivity index (χ2v) is 34.2. The van der Waals surface area contributed by atoms with Crippen molar-refractivity contribution in [1.29, 1.82) is 0 Å². The lowest BCUT2D eigenvalue weighted by Crippen LogP contribution is -2.23. The van der Waals surface area contributed by atoms with Gasteiger partial charge in [0.2, 0.25) is 0 Å². The molecule has 0 aliphatic carbocycles. The van der Waals surface area contributed by atoms with Crippen LogP contribution in [0.5, 0.6) is 0 Å². The Kier molecular flexibility index (Phi) is 18.1. The van der Waals surface area contributed by atoms with Gasteiger partial charge >= 0.3 is 0 Å². The van der Waals surface area contributed by atoms with Gasteiger partial charge in [0.1, 0.15) is 0 Å². The van der Waals surface area contributed by atoms with Gasteiger partial charge in [0, 0.05) is 139 Å². The van der Waals surface area contributed by atoms with E-state index in [-0.39, 0.29) is 5.78 Å². The molecule has 19 aromatic carbocycles. The summed E-state index contributed by atoms with van der Waals surface area (Å²) in [7, 11) is 0. The van der Waals surface area contributed by atoms with Crippen LogP contribution in [0.25, 0.3) is 143 Å². The lowest BCUT2D eigenvalue weighted by Gasteiger charge is -2.40. The van der Waals surface area contributed by atoms with E-state index in [0.29, 0.717) is 11.1 Å². The number of nitrogens with zero attached hydrogens (tertiary/aromatic N) is 9. The topological polar surface area (TPSA) is 56.4 Å². The Hall–Kier alpha value is -17.1. The Balaban J connectivity index is 0.000000106. The minimum absolute atomic E-state index is 0.0238. The number of fused-ring (bicyclic) bond motifs is 20. The number of ketones is 1. The van der Waals surface area contributed by atoms with Crippen LogP contribution in [0.15, 0.2) is 489 Å². The van der Waals surface area contributed by atoms with Gasteiger partial charge in [-0.1, -0.05) is 260 Å². The molecule has 2 aliphatic rings. The molecule has 0 radical (unpaired) electrons. The molecule has 8 heterocycles. The molecule has 11 heteroatoms. The molecule has 6 aromatic heterocycles. The fraction of sp³-hybridized carbons (Fsp3) is 0. The highest BCUT2D eigenvalue weighted by Gasteiger charge is 2.32. The van der Waals surface area contributed by atoms with Gasteiger partial charge in [-0.3, -0.25) is 4.79 Å². The average molecular weight is 1680 g/mol. The maximum atomic E-state index is 13.5. The van der Waals surface area contributed by atoms with Gasteiger partial charge in [0.05, 0.1) is 83.8 Å². The summed E-state index contributed by atoms with van der Waals surface area (Å²) < 4.78 is 14.0.